The van der Waals surface area contributed by atoms with Gasteiger partial charge in [-0.1, -0.05) is 0 Å². The van der Waals surface area contributed by atoms with Crippen LogP contribution in [0.4, 0.5) is 0 Å². The molecular weight excluding hydrogens is 298 g/mol. The van der Waals surface area contributed by atoms with Gasteiger partial charge < -0.3 is 19.3 Å². The third-order valence-electron chi connectivity index (χ3n) is 2.38. The number of amides is 1. The molecule has 0 spiro atoms. The number of rotatable bonds is 7. The molecule has 9 heteroatoms. The minimum Gasteiger partial charge on any atom is -0.480 e. The molecule has 21 heavy (non-hydrogen) atoms. The van der Waals surface area contributed by atoms with Gasteiger partial charge in [0.25, 0.3) is 5.89 Å². The van der Waals surface area contributed by atoms with Gasteiger partial charge in [0, 0.05) is 12.7 Å². The number of hydrogen-bond acceptors (Lipinski definition) is 7. The average Bonchev–Trinajstić information content (AvgIpc) is 3.07. The van der Waals surface area contributed by atoms with Crippen molar-refractivity contribution in [3.8, 4) is 11.7 Å². The monoisotopic (exact) mass is 311 g/mol. The Balaban J connectivity index is 1.85. The second kappa shape index (κ2) is 6.93. The van der Waals surface area contributed by atoms with Gasteiger partial charge in [-0.3, -0.25) is 4.79 Å². The number of nitrogens with one attached hydrogen (secondary N) is 1. The van der Waals surface area contributed by atoms with E-state index >= 15 is 0 Å². The zero-order valence-corrected chi connectivity index (χ0v) is 11.9. The number of carboxylic acid groups (broad SMARTS) is 1. The SMILES string of the molecule is CC(=O)NC(CSCc1nnc(-c2ccco2)o1)C(=O)O. The smallest absolute Gasteiger partial charge is 0.327 e. The van der Waals surface area contributed by atoms with Gasteiger partial charge in [-0.05, 0) is 12.1 Å². The van der Waals surface area contributed by atoms with E-state index < -0.39 is 12.0 Å². The minimum atomic E-state index is -1.08. The predicted octanol–water partition coefficient (Wildman–Crippen LogP) is 1.15. The zero-order chi connectivity index (χ0) is 15.2. The molecule has 1 unspecified atom stereocenters. The molecular formula is C12H13N3O5S. The molecule has 0 saturated heterocycles. The Kier molecular flexibility index (Phi) is 4.99. The Morgan fingerprint density at radius 3 is 2.90 bits per heavy atom. The maximum absolute atomic E-state index is 10.9. The largest absolute Gasteiger partial charge is 0.480 e. The quantitative estimate of drug-likeness (QED) is 0.781. The van der Waals surface area contributed by atoms with Crippen LogP contribution in [0.5, 0.6) is 0 Å². The van der Waals surface area contributed by atoms with Crippen LogP contribution in [-0.2, 0) is 15.3 Å². The van der Waals surface area contributed by atoms with Crippen molar-refractivity contribution >= 4 is 23.6 Å². The molecule has 0 saturated carbocycles. The lowest BCUT2D eigenvalue weighted by Gasteiger charge is -2.11. The van der Waals surface area contributed by atoms with Gasteiger partial charge in [-0.15, -0.1) is 22.0 Å². The molecule has 2 heterocycles. The lowest BCUT2D eigenvalue weighted by molar-refractivity contribution is -0.140. The van der Waals surface area contributed by atoms with Gasteiger partial charge in [-0.25, -0.2) is 4.79 Å². The van der Waals surface area contributed by atoms with Gasteiger partial charge in [-0.2, -0.15) is 0 Å². The molecule has 0 aromatic carbocycles. The number of hydrogen-bond donors (Lipinski definition) is 2. The normalized spacial score (nSPS) is 12.0. The number of carbonyl (C=O) groups is 2. The minimum absolute atomic E-state index is 0.202. The molecule has 0 radical (unpaired) electrons. The zero-order valence-electron chi connectivity index (χ0n) is 11.1. The van der Waals surface area contributed by atoms with Crippen molar-refractivity contribution in [2.24, 2.45) is 0 Å². The van der Waals surface area contributed by atoms with Crippen molar-refractivity contribution in [2.45, 2.75) is 18.7 Å². The molecule has 0 fully saturated rings. The van der Waals surface area contributed by atoms with Gasteiger partial charge >= 0.3 is 5.97 Å². The highest BCUT2D eigenvalue weighted by Crippen LogP contribution is 2.20. The van der Waals surface area contributed by atoms with E-state index in [1.165, 1.54) is 24.9 Å². The molecule has 0 aliphatic rings. The number of furan rings is 1. The van der Waals surface area contributed by atoms with Crippen LogP contribution in [0.3, 0.4) is 0 Å². The Morgan fingerprint density at radius 2 is 2.29 bits per heavy atom. The summed E-state index contributed by atoms with van der Waals surface area (Å²) >= 11 is 1.27. The molecule has 2 rings (SSSR count). The van der Waals surface area contributed by atoms with Crippen molar-refractivity contribution in [2.75, 3.05) is 5.75 Å². The summed E-state index contributed by atoms with van der Waals surface area (Å²) in [4.78, 5) is 21.8. The number of nitrogens with zero attached hydrogens (tertiary/aromatic N) is 2. The molecule has 2 aromatic heterocycles. The van der Waals surface area contributed by atoms with Crippen molar-refractivity contribution < 1.29 is 23.5 Å². The first-order valence-electron chi connectivity index (χ1n) is 6.00. The van der Waals surface area contributed by atoms with Crippen molar-refractivity contribution in [3.63, 3.8) is 0 Å². The molecule has 0 aliphatic heterocycles. The highest BCUT2D eigenvalue weighted by molar-refractivity contribution is 7.98. The van der Waals surface area contributed by atoms with Crippen LogP contribution in [0.1, 0.15) is 12.8 Å². The van der Waals surface area contributed by atoms with Crippen molar-refractivity contribution in [3.05, 3.63) is 24.3 Å². The molecule has 0 aliphatic carbocycles. The maximum Gasteiger partial charge on any atom is 0.327 e. The van der Waals surface area contributed by atoms with Gasteiger partial charge in [0.15, 0.2) is 5.76 Å². The molecule has 0 bridgehead atoms. The standard InChI is InChI=1S/C12H13N3O5S/c1-7(16)13-8(12(17)18)5-21-6-10-14-15-11(20-10)9-3-2-4-19-9/h2-4,8H,5-6H2,1H3,(H,13,16)(H,17,18). The topological polar surface area (TPSA) is 118 Å². The summed E-state index contributed by atoms with van der Waals surface area (Å²) in [7, 11) is 0. The summed E-state index contributed by atoms with van der Waals surface area (Å²) in [5, 5.41) is 19.0. The lowest BCUT2D eigenvalue weighted by Crippen LogP contribution is -2.41. The van der Waals surface area contributed by atoms with Crippen LogP contribution in [0.15, 0.2) is 27.2 Å². The van der Waals surface area contributed by atoms with Crippen LogP contribution in [0.25, 0.3) is 11.7 Å². The molecule has 1 atom stereocenters. The molecule has 112 valence electrons. The predicted molar refractivity (Wildman–Crippen MR) is 73.4 cm³/mol. The number of carbonyl (C=O) groups excluding carboxylic acids is 1. The summed E-state index contributed by atoms with van der Waals surface area (Å²) in [6.07, 6.45) is 1.50. The highest BCUT2D eigenvalue weighted by atomic mass is 32.2. The number of thioether (sulfide) groups is 1. The Labute approximate surface area is 123 Å². The summed E-state index contributed by atoms with van der Waals surface area (Å²) < 4.78 is 10.5. The van der Waals surface area contributed by atoms with Crippen LogP contribution >= 0.6 is 11.8 Å². The fraction of sp³-hybridized carbons (Fsp3) is 0.333. The van der Waals surface area contributed by atoms with Gasteiger partial charge in [0.1, 0.15) is 6.04 Å². The van der Waals surface area contributed by atoms with Crippen molar-refractivity contribution in [1.82, 2.24) is 15.5 Å². The van der Waals surface area contributed by atoms with E-state index in [1.54, 1.807) is 12.1 Å². The summed E-state index contributed by atoms with van der Waals surface area (Å²) in [6, 6.07) is 2.46. The first-order valence-corrected chi connectivity index (χ1v) is 7.15. The number of carboxylic acids is 1. The fourth-order valence-electron chi connectivity index (χ4n) is 1.50. The molecule has 2 aromatic rings. The Morgan fingerprint density at radius 1 is 1.48 bits per heavy atom. The third-order valence-corrected chi connectivity index (χ3v) is 3.40. The van der Waals surface area contributed by atoms with Gasteiger partial charge in [0.05, 0.1) is 12.0 Å². The maximum atomic E-state index is 10.9. The Bertz CT molecular complexity index is 610. The summed E-state index contributed by atoms with van der Waals surface area (Å²) in [5.41, 5.74) is 0. The lowest BCUT2D eigenvalue weighted by atomic mass is 10.3. The average molecular weight is 311 g/mol. The highest BCUT2D eigenvalue weighted by Gasteiger charge is 2.19. The summed E-state index contributed by atoms with van der Waals surface area (Å²) in [6.45, 7) is 1.27. The second-order valence-corrected chi connectivity index (χ2v) is 5.11. The van der Waals surface area contributed by atoms with E-state index in [9.17, 15) is 9.59 Å². The summed E-state index contributed by atoms with van der Waals surface area (Å²) in [5.74, 6) is 0.177. The first-order chi connectivity index (χ1) is 10.1. The van der Waals surface area contributed by atoms with E-state index in [4.69, 9.17) is 13.9 Å². The van der Waals surface area contributed by atoms with Crippen LogP contribution in [0, 0.1) is 0 Å². The molecule has 2 N–H and O–H groups in total. The van der Waals surface area contributed by atoms with E-state index in [0.29, 0.717) is 17.4 Å². The fourth-order valence-corrected chi connectivity index (χ4v) is 2.37. The van der Waals surface area contributed by atoms with E-state index in [-0.39, 0.29) is 17.6 Å². The van der Waals surface area contributed by atoms with Crippen LogP contribution in [-0.4, -0.2) is 39.0 Å². The van der Waals surface area contributed by atoms with E-state index in [2.05, 4.69) is 15.5 Å². The second-order valence-electron chi connectivity index (χ2n) is 4.08. The van der Waals surface area contributed by atoms with Gasteiger partial charge in [0.2, 0.25) is 11.8 Å². The number of aliphatic carboxylic acids is 1. The molecule has 8 nitrogen and oxygen atoms in total. The number of aromatic nitrogens is 2. The van der Waals surface area contributed by atoms with E-state index in [1.807, 2.05) is 0 Å². The third kappa shape index (κ3) is 4.35. The molecule has 1 amide bonds. The van der Waals surface area contributed by atoms with Crippen LogP contribution in [0.2, 0.25) is 0 Å². The van der Waals surface area contributed by atoms with Crippen molar-refractivity contribution in [1.29, 1.82) is 0 Å². The van der Waals surface area contributed by atoms with Crippen LogP contribution < -0.4 is 5.32 Å². The first kappa shape index (κ1) is 15.1. The Hall–Kier alpha value is -2.29. The van der Waals surface area contributed by atoms with E-state index in [0.717, 1.165) is 0 Å².